The number of carbonyl (C=O) groups excluding carboxylic acids is 2. The molecule has 0 aromatic carbocycles. The van der Waals surface area contributed by atoms with Gasteiger partial charge in [-0.15, -0.1) is 0 Å². The maximum Gasteiger partial charge on any atom is 0.322 e. The van der Waals surface area contributed by atoms with Crippen LogP contribution in [0.25, 0.3) is 11.2 Å². The van der Waals surface area contributed by atoms with E-state index in [-0.39, 0.29) is 37.1 Å². The summed E-state index contributed by atoms with van der Waals surface area (Å²) >= 11 is 0. The lowest BCUT2D eigenvalue weighted by molar-refractivity contribution is -0.158. The van der Waals surface area contributed by atoms with Crippen molar-refractivity contribution in [2.75, 3.05) is 18.9 Å². The summed E-state index contributed by atoms with van der Waals surface area (Å²) in [5, 5.41) is 0. The molecule has 2 aromatic rings. The van der Waals surface area contributed by atoms with Crippen molar-refractivity contribution in [2.24, 2.45) is 11.5 Å². The number of hydrogen-bond acceptors (Lipinski definition) is 11. The number of nitrogen functional groups attached to an aromatic ring is 1. The zero-order chi connectivity index (χ0) is 20.8. The molecule has 0 saturated carbocycles. The molecule has 0 amide bonds. The van der Waals surface area contributed by atoms with Gasteiger partial charge in [-0.25, -0.2) is 4.98 Å². The topological polar surface area (TPSA) is 203 Å². The maximum atomic E-state index is 11.8. The molecule has 0 bridgehead atoms. The third kappa shape index (κ3) is 5.48. The van der Waals surface area contributed by atoms with Gasteiger partial charge in [-0.1, -0.05) is 0 Å². The molecule has 0 radical (unpaired) electrons. The van der Waals surface area contributed by atoms with E-state index in [1.54, 1.807) is 0 Å². The molecule has 2 atom stereocenters. The molecule has 0 spiro atoms. The van der Waals surface area contributed by atoms with Crippen LogP contribution in [0.3, 0.4) is 0 Å². The van der Waals surface area contributed by atoms with Crippen molar-refractivity contribution in [3.8, 4) is 0 Å². The van der Waals surface area contributed by atoms with E-state index in [9.17, 15) is 14.4 Å². The largest absolute Gasteiger partial charge is 0.462 e. The first-order chi connectivity index (χ1) is 13.2. The second-order valence-corrected chi connectivity index (χ2v) is 6.09. The van der Waals surface area contributed by atoms with E-state index in [4.69, 9.17) is 31.4 Å². The number of nitrogens with zero attached hydrogens (tertiary/aromatic N) is 3. The zero-order valence-electron chi connectivity index (χ0n) is 15.5. The fourth-order valence-corrected chi connectivity index (χ4v) is 2.01. The molecular weight excluding hydrogens is 374 g/mol. The molecule has 13 heteroatoms. The van der Waals surface area contributed by atoms with Gasteiger partial charge in [-0.05, 0) is 13.8 Å². The molecule has 2 heterocycles. The molecule has 0 aliphatic carbocycles. The molecular formula is C15H23N7O6. The Kier molecular flexibility index (Phi) is 7.03. The normalized spacial score (nSPS) is 13.5. The fourth-order valence-electron chi connectivity index (χ4n) is 2.01. The van der Waals surface area contributed by atoms with Crippen LogP contribution in [0.15, 0.2) is 11.1 Å². The standard InChI is InChI=1S/C15H23N7O6/c1-7(16)13(24)26-3-9(4-27-14(25)8(2)17)28-6-22-5-19-10-11(22)20-15(18)21-12(10)23/h5,7-9H,3-4,6,16-17H2,1-2H3,(H3,18,20,21,23)/t7-,8-/m0/s1. The number of esters is 2. The Bertz CT molecular complexity index is 867. The second-order valence-electron chi connectivity index (χ2n) is 6.09. The van der Waals surface area contributed by atoms with E-state index in [2.05, 4.69) is 15.0 Å². The highest BCUT2D eigenvalue weighted by atomic mass is 16.6. The number of aromatic amines is 1. The molecule has 28 heavy (non-hydrogen) atoms. The number of anilines is 1. The Morgan fingerprint density at radius 2 is 1.75 bits per heavy atom. The van der Waals surface area contributed by atoms with Gasteiger partial charge in [0.1, 0.15) is 38.1 Å². The molecule has 2 rings (SSSR count). The van der Waals surface area contributed by atoms with Crippen molar-refractivity contribution in [3.05, 3.63) is 16.7 Å². The summed E-state index contributed by atoms with van der Waals surface area (Å²) in [6, 6.07) is -1.63. The summed E-state index contributed by atoms with van der Waals surface area (Å²) in [5.74, 6) is -1.35. The molecule has 154 valence electrons. The number of imidazole rings is 1. The highest BCUT2D eigenvalue weighted by molar-refractivity contribution is 5.75. The number of hydrogen-bond donors (Lipinski definition) is 4. The highest BCUT2D eigenvalue weighted by Gasteiger charge is 2.19. The van der Waals surface area contributed by atoms with Gasteiger partial charge >= 0.3 is 11.9 Å². The van der Waals surface area contributed by atoms with Gasteiger partial charge in [0, 0.05) is 0 Å². The molecule has 13 nitrogen and oxygen atoms in total. The van der Waals surface area contributed by atoms with Crippen LogP contribution in [0, 0.1) is 0 Å². The van der Waals surface area contributed by atoms with Crippen LogP contribution in [0.1, 0.15) is 13.8 Å². The summed E-state index contributed by atoms with van der Waals surface area (Å²) in [4.78, 5) is 45.2. The molecule has 0 fully saturated rings. The van der Waals surface area contributed by atoms with Crippen LogP contribution in [0.4, 0.5) is 5.95 Å². The fraction of sp³-hybridized carbons (Fsp3) is 0.533. The van der Waals surface area contributed by atoms with Crippen molar-refractivity contribution >= 4 is 29.1 Å². The Morgan fingerprint density at radius 3 is 2.29 bits per heavy atom. The van der Waals surface area contributed by atoms with Gasteiger partial charge in [0.2, 0.25) is 5.95 Å². The highest BCUT2D eigenvalue weighted by Crippen LogP contribution is 2.08. The quantitative estimate of drug-likeness (QED) is 0.335. The molecule has 0 unspecified atom stereocenters. The smallest absolute Gasteiger partial charge is 0.322 e. The molecule has 7 N–H and O–H groups in total. The van der Waals surface area contributed by atoms with Crippen LogP contribution in [-0.2, 0) is 30.5 Å². The number of aromatic nitrogens is 4. The van der Waals surface area contributed by atoms with Crippen LogP contribution < -0.4 is 22.8 Å². The van der Waals surface area contributed by atoms with Gasteiger partial charge in [0.25, 0.3) is 5.56 Å². The Hall–Kier alpha value is -3.03. The minimum absolute atomic E-state index is 0.0764. The van der Waals surface area contributed by atoms with Crippen LogP contribution in [0.5, 0.6) is 0 Å². The molecule has 0 aliphatic rings. The van der Waals surface area contributed by atoms with Crippen molar-refractivity contribution in [3.63, 3.8) is 0 Å². The number of fused-ring (bicyclic) bond motifs is 1. The van der Waals surface area contributed by atoms with E-state index in [1.807, 2.05) is 0 Å². The molecule has 2 aromatic heterocycles. The monoisotopic (exact) mass is 397 g/mol. The van der Waals surface area contributed by atoms with E-state index in [0.717, 1.165) is 0 Å². The predicted octanol–water partition coefficient (Wildman–Crippen LogP) is -2.17. The van der Waals surface area contributed by atoms with Crippen LogP contribution in [-0.4, -0.2) is 62.9 Å². The average Bonchev–Trinajstić information content (AvgIpc) is 3.03. The minimum Gasteiger partial charge on any atom is -0.462 e. The Balaban J connectivity index is 2.07. The number of nitrogens with one attached hydrogen (secondary N) is 1. The second kappa shape index (κ2) is 9.25. The number of H-pyrrole nitrogens is 1. The van der Waals surface area contributed by atoms with E-state index in [1.165, 1.54) is 24.7 Å². The lowest BCUT2D eigenvalue weighted by Gasteiger charge is -2.19. The van der Waals surface area contributed by atoms with Gasteiger partial charge in [-0.2, -0.15) is 4.98 Å². The van der Waals surface area contributed by atoms with Crippen molar-refractivity contribution in [1.82, 2.24) is 19.5 Å². The van der Waals surface area contributed by atoms with E-state index < -0.39 is 35.7 Å². The first-order valence-electron chi connectivity index (χ1n) is 8.35. The van der Waals surface area contributed by atoms with Crippen molar-refractivity contribution in [2.45, 2.75) is 38.8 Å². The lowest BCUT2D eigenvalue weighted by atomic mass is 10.3. The van der Waals surface area contributed by atoms with Crippen LogP contribution in [0.2, 0.25) is 0 Å². The number of carbonyl (C=O) groups is 2. The molecule has 0 saturated heterocycles. The SMILES string of the molecule is C[C@H](N)C(=O)OCC(COC(=O)[C@H](C)N)OCn1cnc2c(=O)[nH]c(N)nc21. The third-order valence-electron chi connectivity index (χ3n) is 3.51. The summed E-state index contributed by atoms with van der Waals surface area (Å²) < 4.78 is 17.1. The first kappa shape index (κ1) is 21.3. The summed E-state index contributed by atoms with van der Waals surface area (Å²) in [6.07, 6.45) is 0.521. The number of ether oxygens (including phenoxy) is 3. The molecule has 0 aliphatic heterocycles. The van der Waals surface area contributed by atoms with Crippen LogP contribution >= 0.6 is 0 Å². The van der Waals surface area contributed by atoms with Crippen molar-refractivity contribution < 1.29 is 23.8 Å². The zero-order valence-corrected chi connectivity index (χ0v) is 15.5. The lowest BCUT2D eigenvalue weighted by Crippen LogP contribution is -2.36. The Morgan fingerprint density at radius 1 is 1.18 bits per heavy atom. The van der Waals surface area contributed by atoms with Gasteiger partial charge < -0.3 is 31.4 Å². The van der Waals surface area contributed by atoms with Gasteiger partial charge in [0.15, 0.2) is 11.2 Å². The first-order valence-corrected chi connectivity index (χ1v) is 8.35. The summed E-state index contributed by atoms with van der Waals surface area (Å²) in [5.41, 5.74) is 16.2. The number of nitrogens with two attached hydrogens (primary N) is 3. The predicted molar refractivity (Wildman–Crippen MR) is 96.7 cm³/mol. The minimum atomic E-state index is -0.817. The third-order valence-corrected chi connectivity index (χ3v) is 3.51. The summed E-state index contributed by atoms with van der Waals surface area (Å²) in [6.45, 7) is 2.40. The van der Waals surface area contributed by atoms with Gasteiger partial charge in [-0.3, -0.25) is 23.9 Å². The summed E-state index contributed by atoms with van der Waals surface area (Å²) in [7, 11) is 0. The van der Waals surface area contributed by atoms with E-state index in [0.29, 0.717) is 0 Å². The van der Waals surface area contributed by atoms with Crippen molar-refractivity contribution in [1.29, 1.82) is 0 Å². The number of rotatable bonds is 9. The average molecular weight is 397 g/mol. The Labute approximate surface area is 159 Å². The maximum absolute atomic E-state index is 11.8. The van der Waals surface area contributed by atoms with E-state index >= 15 is 0 Å². The van der Waals surface area contributed by atoms with Gasteiger partial charge in [0.05, 0.1) is 6.33 Å².